The maximum Gasteiger partial charge on any atom is 0.415 e. The van der Waals surface area contributed by atoms with Crippen molar-refractivity contribution < 1.29 is 37.0 Å². The molecule has 3 fully saturated rings. The van der Waals surface area contributed by atoms with Crippen LogP contribution in [0.2, 0.25) is 15.1 Å². The molecule has 30 heteroatoms. The molecule has 558 valence electrons. The minimum Gasteiger partial charge on any atom is -0.444 e. The molecule has 107 heavy (non-hydrogen) atoms. The Morgan fingerprint density at radius 2 is 0.925 bits per heavy atom. The maximum absolute atomic E-state index is 15.9. The fourth-order valence-electron chi connectivity index (χ4n) is 12.6. The second kappa shape index (κ2) is 33.2. The van der Waals surface area contributed by atoms with Crippen molar-refractivity contribution in [3.8, 4) is 22.5 Å². The highest BCUT2D eigenvalue weighted by Crippen LogP contribution is 2.46. The Labute approximate surface area is 661 Å². The molecule has 0 aliphatic carbocycles. The third kappa shape index (κ3) is 17.2. The van der Waals surface area contributed by atoms with E-state index in [1.807, 2.05) is 139 Å². The molecule has 0 radical (unpaired) electrons. The van der Waals surface area contributed by atoms with Crippen LogP contribution in [0.1, 0.15) is 60.8 Å². The van der Waals surface area contributed by atoms with Gasteiger partial charge >= 0.3 is 12.2 Å². The van der Waals surface area contributed by atoms with E-state index >= 15 is 8.78 Å². The number of rotatable bonds is 9. The molecular formula is C77H76Br2Cl3F3N14O5S3. The van der Waals surface area contributed by atoms with Gasteiger partial charge in [-0.2, -0.15) is 13.1 Å². The molecular weight excluding hydrogens is 1620 g/mol. The molecule has 19 nitrogen and oxygen atoms in total. The van der Waals surface area contributed by atoms with E-state index in [9.17, 15) is 18.8 Å². The molecule has 15 rings (SSSR count). The number of pyridine rings is 3. The lowest BCUT2D eigenvalue weighted by atomic mass is 10.0. The van der Waals surface area contributed by atoms with E-state index in [2.05, 4.69) is 91.8 Å². The average molecular weight is 1700 g/mol. The summed E-state index contributed by atoms with van der Waals surface area (Å²) < 4.78 is 70.7. The number of hydrogen-bond acceptors (Lipinski definition) is 19. The largest absolute Gasteiger partial charge is 0.444 e. The molecule has 3 aliphatic rings. The summed E-state index contributed by atoms with van der Waals surface area (Å²) in [6.45, 7) is 21.3. The number of nitrogens with zero attached hydrogens (tertiary/aromatic N) is 12. The van der Waals surface area contributed by atoms with Gasteiger partial charge in [0, 0.05) is 119 Å². The number of carbonyl (C=O) groups is 3. The standard InChI is InChI=1S/C24H21ClFN5OS.C22H20ClFN4S.C16H18BrClFN3O2S.C15H17BrN2O2/c1-3-19(32)30-8-10-31(11-9-30)24-16-13-17(25)20(21(26)23(16)29-33-24)22-15-7-5-4-6-14(15)12-18(27-2)28-22;1-25-17-11-13-7-3-4-8-14(13)20(26-17)18-16(23)12-15-21(19(18)24)27-29-22(15)28-9-5-2-6-10-28;1-16(2,3)24-15(23)22-6-4-21(5-7-22)14-9-8-10(18)11(17)12(19)13(9)20-25-14;1-15(2,3)20-14(19)18(4)12-9-10-7-5-6-8-11(10)13(16)17-12/h3-7,12-13H,1,8-11H2,2H3,(H,27,28);3-4,7-8,11-12H,2,5-6,9-10H2,1H3,(H,25,26);8H,4-7H2,1-3H3;5-9H,1-4H3. The first-order valence-corrected chi connectivity index (χ1v) is 39.5. The lowest BCUT2D eigenvalue weighted by Gasteiger charge is -2.36. The molecule has 0 atom stereocenters. The molecule has 6 aromatic carbocycles. The van der Waals surface area contributed by atoms with E-state index in [0.717, 1.165) is 78.6 Å². The minimum absolute atomic E-state index is 0.0777. The van der Waals surface area contributed by atoms with Crippen LogP contribution in [0.25, 0.3) is 87.5 Å². The van der Waals surface area contributed by atoms with Crippen molar-refractivity contribution in [2.24, 2.45) is 0 Å². The number of benzene rings is 6. The third-order valence-electron chi connectivity index (χ3n) is 18.0. The number of hydrogen-bond donors (Lipinski definition) is 2. The quantitative estimate of drug-likeness (QED) is 0.0787. The lowest BCUT2D eigenvalue weighted by Crippen LogP contribution is -2.50. The van der Waals surface area contributed by atoms with Gasteiger partial charge in [0.2, 0.25) is 5.91 Å². The van der Waals surface area contributed by atoms with Gasteiger partial charge < -0.3 is 44.6 Å². The van der Waals surface area contributed by atoms with Crippen LogP contribution in [0.15, 0.2) is 131 Å². The Morgan fingerprint density at radius 3 is 1.36 bits per heavy atom. The Hall–Kier alpha value is -8.41. The second-order valence-corrected chi connectivity index (χ2v) is 32.5. The summed E-state index contributed by atoms with van der Waals surface area (Å²) in [6, 6.07) is 34.5. The molecule has 9 heterocycles. The number of amides is 3. The molecule has 3 aliphatic heterocycles. The van der Waals surface area contributed by atoms with Gasteiger partial charge in [-0.15, -0.1) is 0 Å². The van der Waals surface area contributed by atoms with E-state index in [-0.39, 0.29) is 32.6 Å². The van der Waals surface area contributed by atoms with Gasteiger partial charge in [-0.25, -0.2) is 37.7 Å². The molecule has 3 amide bonds. The van der Waals surface area contributed by atoms with Crippen molar-refractivity contribution in [1.29, 1.82) is 0 Å². The number of nitrogens with one attached hydrogen (secondary N) is 2. The number of aromatic nitrogens is 6. The molecule has 0 spiro atoms. The van der Waals surface area contributed by atoms with Crippen molar-refractivity contribution in [1.82, 2.24) is 37.9 Å². The van der Waals surface area contributed by atoms with Gasteiger partial charge in [0.1, 0.15) is 64.8 Å². The smallest absolute Gasteiger partial charge is 0.415 e. The SMILES string of the molecule is C=CC(=O)N1CCN(c2snc3c(F)c(-c4nc(NC)cc5ccccc45)c(Cl)cc23)CC1.CC(C)(C)OC(=O)N1CCN(c2snc3c(F)c(Br)c(Cl)cc23)CC1.CN(C(=O)OC(C)(C)C)c1cc2ccccc2c(Br)n1.CNc1cc2ccccc2c(-c2c(Cl)cc3c(N4CCCCC4)snc3c2F)n1. The lowest BCUT2D eigenvalue weighted by molar-refractivity contribution is -0.126. The molecule has 6 aromatic heterocycles. The normalized spacial score (nSPS) is 14.2. The number of carbonyl (C=O) groups excluding carboxylic acids is 3. The summed E-state index contributed by atoms with van der Waals surface area (Å²) in [6.07, 6.45) is 4.15. The van der Waals surface area contributed by atoms with Gasteiger partial charge in [-0.3, -0.25) is 9.69 Å². The zero-order chi connectivity index (χ0) is 76.3. The Bertz CT molecular complexity index is 5370. The Kier molecular flexibility index (Phi) is 24.3. The summed E-state index contributed by atoms with van der Waals surface area (Å²) in [5.74, 6) is 0.435. The van der Waals surface area contributed by atoms with Crippen LogP contribution >= 0.6 is 101 Å². The fourth-order valence-corrected chi connectivity index (χ4v) is 17.0. The predicted octanol–water partition coefficient (Wildman–Crippen LogP) is 20.8. The van der Waals surface area contributed by atoms with Crippen LogP contribution in [-0.4, -0.2) is 154 Å². The van der Waals surface area contributed by atoms with E-state index in [4.69, 9.17) is 44.3 Å². The van der Waals surface area contributed by atoms with E-state index < -0.39 is 34.7 Å². The average Bonchev–Trinajstić information content (AvgIpc) is 1.69. The van der Waals surface area contributed by atoms with Crippen LogP contribution in [0.4, 0.5) is 55.2 Å². The molecule has 2 N–H and O–H groups in total. The molecule has 12 aromatic rings. The highest BCUT2D eigenvalue weighted by Gasteiger charge is 2.32. The van der Waals surface area contributed by atoms with Crippen LogP contribution in [-0.2, 0) is 14.3 Å². The molecule has 3 saturated heterocycles. The van der Waals surface area contributed by atoms with Crippen LogP contribution in [0.3, 0.4) is 0 Å². The first kappa shape index (κ1) is 78.2. The zero-order valence-corrected chi connectivity index (χ0v) is 67.9. The Morgan fingerprint density at radius 1 is 0.523 bits per heavy atom. The van der Waals surface area contributed by atoms with Crippen LogP contribution in [0.5, 0.6) is 0 Å². The summed E-state index contributed by atoms with van der Waals surface area (Å²) >= 11 is 29.9. The second-order valence-electron chi connectivity index (χ2n) is 27.4. The van der Waals surface area contributed by atoms with Gasteiger partial charge in [0.25, 0.3) is 0 Å². The molecule has 0 unspecified atom stereocenters. The molecule has 0 bridgehead atoms. The van der Waals surface area contributed by atoms with E-state index in [1.165, 1.54) is 52.0 Å². The summed E-state index contributed by atoms with van der Waals surface area (Å²) in [7, 11) is 5.22. The number of anilines is 6. The van der Waals surface area contributed by atoms with Gasteiger partial charge in [-0.05, 0) is 186 Å². The van der Waals surface area contributed by atoms with Crippen LogP contribution in [0, 0.1) is 17.5 Å². The van der Waals surface area contributed by atoms with Crippen molar-refractivity contribution in [3.05, 3.63) is 163 Å². The summed E-state index contributed by atoms with van der Waals surface area (Å²) in [5, 5.41) is 17.6. The number of ether oxygens (including phenoxy) is 2. The monoisotopic (exact) mass is 1690 g/mol. The van der Waals surface area contributed by atoms with Gasteiger partial charge in [0.15, 0.2) is 17.5 Å². The minimum atomic E-state index is -0.528. The van der Waals surface area contributed by atoms with E-state index in [1.54, 1.807) is 43.1 Å². The fraction of sp³-hybridized carbons (Fsp3) is 0.312. The third-order valence-corrected chi connectivity index (χ3v) is 23.2. The maximum atomic E-state index is 15.9. The number of fused-ring (bicyclic) bond motifs is 6. The van der Waals surface area contributed by atoms with Crippen molar-refractivity contribution >= 4 is 217 Å². The molecule has 0 saturated carbocycles. The number of piperazine rings is 2. The zero-order valence-electron chi connectivity index (χ0n) is 60.0. The predicted molar refractivity (Wildman–Crippen MR) is 441 cm³/mol. The van der Waals surface area contributed by atoms with Crippen LogP contribution < -0.4 is 30.2 Å². The van der Waals surface area contributed by atoms with Gasteiger partial charge in [-0.1, -0.05) is 114 Å². The summed E-state index contributed by atoms with van der Waals surface area (Å²) in [4.78, 5) is 61.1. The van der Waals surface area contributed by atoms with Crippen molar-refractivity contribution in [2.75, 3.05) is 117 Å². The first-order chi connectivity index (χ1) is 51.1. The topological polar surface area (TPSA) is 191 Å². The highest BCUT2D eigenvalue weighted by atomic mass is 79.9. The highest BCUT2D eigenvalue weighted by molar-refractivity contribution is 9.10. The first-order valence-electron chi connectivity index (χ1n) is 34.4. The number of piperidine rings is 1. The van der Waals surface area contributed by atoms with E-state index in [0.29, 0.717) is 123 Å². The van der Waals surface area contributed by atoms with Gasteiger partial charge in [0.05, 0.1) is 42.1 Å². The summed E-state index contributed by atoms with van der Waals surface area (Å²) in [5.41, 5.74) is 1.49. The Balaban J connectivity index is 0.000000136. The van der Waals surface area contributed by atoms with Crippen molar-refractivity contribution in [3.63, 3.8) is 0 Å². The number of halogens is 8. The van der Waals surface area contributed by atoms with Crippen molar-refractivity contribution in [2.45, 2.75) is 72.0 Å².